The lowest BCUT2D eigenvalue weighted by molar-refractivity contribution is 0.372. The van der Waals surface area contributed by atoms with Crippen LogP contribution in [0, 0.1) is 0 Å². The monoisotopic (exact) mass is 492 g/mol. The summed E-state index contributed by atoms with van der Waals surface area (Å²) in [5, 5.41) is 6.57. The number of rotatable bonds is 5. The smallest absolute Gasteiger partial charge is 0.205 e. The van der Waals surface area contributed by atoms with E-state index in [0.717, 1.165) is 62.6 Å². The molecule has 138 valence electrons. The van der Waals surface area contributed by atoms with Crippen LogP contribution in [0.4, 0.5) is 5.13 Å². The molecule has 1 aliphatic rings. The minimum absolute atomic E-state index is 0. The molecule has 1 N–H and O–H groups in total. The fourth-order valence-electron chi connectivity index (χ4n) is 2.61. The second-order valence-electron chi connectivity index (χ2n) is 5.57. The second kappa shape index (κ2) is 10.3. The summed E-state index contributed by atoms with van der Waals surface area (Å²) in [7, 11) is 0. The van der Waals surface area contributed by atoms with Gasteiger partial charge in [0, 0.05) is 55.6 Å². The van der Waals surface area contributed by atoms with Crippen LogP contribution in [0.3, 0.4) is 0 Å². The summed E-state index contributed by atoms with van der Waals surface area (Å²) in [5.41, 5.74) is 0. The Bertz CT molecular complexity index is 649. The van der Waals surface area contributed by atoms with Crippen LogP contribution in [0.5, 0.6) is 0 Å². The molecule has 0 radical (unpaired) electrons. The number of hydrogen-bond acceptors (Lipinski definition) is 6. The van der Waals surface area contributed by atoms with Crippen molar-refractivity contribution >= 4 is 57.9 Å². The zero-order valence-corrected chi connectivity index (χ0v) is 18.6. The van der Waals surface area contributed by atoms with Crippen LogP contribution in [-0.2, 0) is 13.0 Å². The molecule has 0 aromatic carbocycles. The SMILES string of the molecule is CCNC(=NCc1cccs1)N1CCN(c2nc(CC)ns2)CC1.I. The van der Waals surface area contributed by atoms with Crippen molar-refractivity contribution in [2.45, 2.75) is 26.8 Å². The molecule has 0 bridgehead atoms. The molecule has 2 aromatic rings. The van der Waals surface area contributed by atoms with Gasteiger partial charge in [0.1, 0.15) is 5.82 Å². The average Bonchev–Trinajstić information content (AvgIpc) is 3.30. The third-order valence-corrected chi connectivity index (χ3v) is 5.60. The minimum Gasteiger partial charge on any atom is -0.357 e. The lowest BCUT2D eigenvalue weighted by Gasteiger charge is -2.36. The van der Waals surface area contributed by atoms with Gasteiger partial charge in [-0.2, -0.15) is 4.37 Å². The summed E-state index contributed by atoms with van der Waals surface area (Å²) in [6.07, 6.45) is 0.899. The van der Waals surface area contributed by atoms with Crippen LogP contribution in [0.2, 0.25) is 0 Å². The maximum Gasteiger partial charge on any atom is 0.205 e. The maximum absolute atomic E-state index is 4.79. The number of aliphatic imine (C=N–C) groups is 1. The lowest BCUT2D eigenvalue weighted by atomic mass is 10.3. The van der Waals surface area contributed by atoms with Gasteiger partial charge in [-0.3, -0.25) is 0 Å². The highest BCUT2D eigenvalue weighted by molar-refractivity contribution is 14.0. The number of piperazine rings is 1. The highest BCUT2D eigenvalue weighted by Crippen LogP contribution is 2.19. The largest absolute Gasteiger partial charge is 0.357 e. The van der Waals surface area contributed by atoms with Crippen molar-refractivity contribution < 1.29 is 0 Å². The van der Waals surface area contributed by atoms with Crippen LogP contribution < -0.4 is 10.2 Å². The molecule has 0 saturated carbocycles. The Hall–Kier alpha value is -0.940. The zero-order chi connectivity index (χ0) is 16.8. The molecule has 2 aromatic heterocycles. The highest BCUT2D eigenvalue weighted by atomic mass is 127. The number of nitrogens with one attached hydrogen (secondary N) is 1. The van der Waals surface area contributed by atoms with E-state index in [9.17, 15) is 0 Å². The molecule has 3 heterocycles. The third-order valence-electron chi connectivity index (χ3n) is 3.92. The molecule has 0 atom stereocenters. The van der Waals surface area contributed by atoms with Gasteiger partial charge in [-0.05, 0) is 18.4 Å². The first-order valence-electron chi connectivity index (χ1n) is 8.43. The van der Waals surface area contributed by atoms with Gasteiger partial charge in [0.25, 0.3) is 0 Å². The first kappa shape index (κ1) is 20.4. The third kappa shape index (κ3) is 5.52. The Kier molecular flexibility index (Phi) is 8.37. The van der Waals surface area contributed by atoms with E-state index in [4.69, 9.17) is 4.99 Å². The summed E-state index contributed by atoms with van der Waals surface area (Å²) in [6.45, 7) is 9.68. The number of nitrogens with zero attached hydrogens (tertiary/aromatic N) is 5. The van der Waals surface area contributed by atoms with E-state index < -0.39 is 0 Å². The average molecular weight is 492 g/mol. The molecule has 0 spiro atoms. The Morgan fingerprint density at radius 2 is 2.08 bits per heavy atom. The van der Waals surface area contributed by atoms with Crippen molar-refractivity contribution in [1.29, 1.82) is 0 Å². The quantitative estimate of drug-likeness (QED) is 0.395. The van der Waals surface area contributed by atoms with E-state index in [0.29, 0.717) is 0 Å². The van der Waals surface area contributed by atoms with Crippen molar-refractivity contribution in [2.24, 2.45) is 4.99 Å². The van der Waals surface area contributed by atoms with Crippen molar-refractivity contribution in [2.75, 3.05) is 37.6 Å². The Morgan fingerprint density at radius 1 is 1.28 bits per heavy atom. The van der Waals surface area contributed by atoms with Crippen LogP contribution in [0.15, 0.2) is 22.5 Å². The standard InChI is InChI=1S/C16H24N6S2.HI/c1-3-14-19-16(24-20-14)22-9-7-21(8-10-22)15(17-4-2)18-12-13-6-5-11-23-13;/h5-6,11H,3-4,7-10,12H2,1-2H3,(H,17,18);1H. The molecule has 1 aliphatic heterocycles. The van der Waals surface area contributed by atoms with Crippen LogP contribution in [0.1, 0.15) is 24.5 Å². The lowest BCUT2D eigenvalue weighted by Crippen LogP contribution is -2.52. The number of anilines is 1. The molecule has 0 amide bonds. The van der Waals surface area contributed by atoms with Gasteiger partial charge >= 0.3 is 0 Å². The van der Waals surface area contributed by atoms with E-state index in [1.165, 1.54) is 16.4 Å². The topological polar surface area (TPSA) is 56.7 Å². The Balaban J connectivity index is 0.00000225. The van der Waals surface area contributed by atoms with Gasteiger partial charge in [-0.1, -0.05) is 13.0 Å². The molecule has 1 saturated heterocycles. The molecule has 9 heteroatoms. The summed E-state index contributed by atoms with van der Waals surface area (Å²) in [6, 6.07) is 4.21. The predicted octanol–water partition coefficient (Wildman–Crippen LogP) is 3.07. The van der Waals surface area contributed by atoms with Crippen LogP contribution in [-0.4, -0.2) is 52.9 Å². The minimum atomic E-state index is 0. The molecule has 0 unspecified atom stereocenters. The van der Waals surface area contributed by atoms with Gasteiger partial charge in [0.2, 0.25) is 5.13 Å². The second-order valence-corrected chi connectivity index (χ2v) is 7.33. The van der Waals surface area contributed by atoms with Gasteiger partial charge in [-0.25, -0.2) is 9.98 Å². The number of aromatic nitrogens is 2. The Morgan fingerprint density at radius 3 is 2.68 bits per heavy atom. The van der Waals surface area contributed by atoms with Crippen molar-refractivity contribution in [3.05, 3.63) is 28.2 Å². The summed E-state index contributed by atoms with van der Waals surface area (Å²) in [4.78, 5) is 15.4. The summed E-state index contributed by atoms with van der Waals surface area (Å²) < 4.78 is 4.39. The normalized spacial score (nSPS) is 15.2. The van der Waals surface area contributed by atoms with Gasteiger partial charge in [-0.15, -0.1) is 35.3 Å². The van der Waals surface area contributed by atoms with Gasteiger partial charge in [0.15, 0.2) is 5.96 Å². The van der Waals surface area contributed by atoms with E-state index in [1.807, 2.05) is 0 Å². The van der Waals surface area contributed by atoms with Gasteiger partial charge in [0.05, 0.1) is 6.54 Å². The van der Waals surface area contributed by atoms with Gasteiger partial charge < -0.3 is 15.1 Å². The first-order valence-corrected chi connectivity index (χ1v) is 10.1. The summed E-state index contributed by atoms with van der Waals surface area (Å²) >= 11 is 3.27. The fourth-order valence-corrected chi connectivity index (χ4v) is 4.04. The first-order chi connectivity index (χ1) is 11.8. The van der Waals surface area contributed by atoms with Crippen LogP contribution in [0.25, 0.3) is 0 Å². The number of thiophene rings is 1. The molecule has 6 nitrogen and oxygen atoms in total. The molecule has 25 heavy (non-hydrogen) atoms. The molecule has 0 aliphatic carbocycles. The fraction of sp³-hybridized carbons (Fsp3) is 0.562. The molecular formula is C16H25IN6S2. The van der Waals surface area contributed by atoms with Crippen molar-refractivity contribution in [3.63, 3.8) is 0 Å². The van der Waals surface area contributed by atoms with E-state index in [2.05, 4.69) is 55.8 Å². The molecular weight excluding hydrogens is 467 g/mol. The van der Waals surface area contributed by atoms with Crippen molar-refractivity contribution in [3.8, 4) is 0 Å². The maximum atomic E-state index is 4.79. The number of halogens is 1. The highest BCUT2D eigenvalue weighted by Gasteiger charge is 2.22. The Labute approximate surface area is 174 Å². The predicted molar refractivity (Wildman–Crippen MR) is 118 cm³/mol. The van der Waals surface area contributed by atoms with Crippen molar-refractivity contribution in [1.82, 2.24) is 19.6 Å². The number of guanidine groups is 1. The van der Waals surface area contributed by atoms with E-state index in [-0.39, 0.29) is 24.0 Å². The van der Waals surface area contributed by atoms with E-state index >= 15 is 0 Å². The van der Waals surface area contributed by atoms with Crippen LogP contribution >= 0.6 is 46.8 Å². The number of aryl methyl sites for hydroxylation is 1. The molecule has 1 fully saturated rings. The van der Waals surface area contributed by atoms with E-state index in [1.54, 1.807) is 11.3 Å². The zero-order valence-electron chi connectivity index (χ0n) is 14.6. The summed E-state index contributed by atoms with van der Waals surface area (Å²) in [5.74, 6) is 1.96. The molecule has 3 rings (SSSR count). The number of hydrogen-bond donors (Lipinski definition) is 1.